The van der Waals surface area contributed by atoms with Gasteiger partial charge in [0.1, 0.15) is 13.2 Å². The largest absolute Gasteiger partial charge is 0.462 e. The van der Waals surface area contributed by atoms with Crippen LogP contribution in [-0.2, 0) is 28.6 Å². The summed E-state index contributed by atoms with van der Waals surface area (Å²) < 4.78 is 16.8. The lowest BCUT2D eigenvalue weighted by molar-refractivity contribution is -0.167. The SMILES string of the molecule is CCC/C=C\C/C=C\CCCCCCCC(=O)OC(COC(=O)CCCCCCCCCCC)COC(=O)CCCCCCCCCCCCCCCCCCCCC. The van der Waals surface area contributed by atoms with E-state index in [0.29, 0.717) is 19.3 Å². The normalized spacial score (nSPS) is 12.1. The molecule has 0 saturated carbocycles. The zero-order chi connectivity index (χ0) is 43.0. The van der Waals surface area contributed by atoms with E-state index in [0.717, 1.165) is 89.9 Å². The van der Waals surface area contributed by atoms with E-state index in [9.17, 15) is 14.4 Å². The van der Waals surface area contributed by atoms with E-state index < -0.39 is 6.10 Å². The molecule has 1 unspecified atom stereocenters. The zero-order valence-electron chi connectivity index (χ0n) is 39.5. The Balaban J connectivity index is 4.25. The lowest BCUT2D eigenvalue weighted by Gasteiger charge is -2.18. The van der Waals surface area contributed by atoms with Crippen LogP contribution in [0.2, 0.25) is 0 Å². The molecule has 0 aliphatic heterocycles. The van der Waals surface area contributed by atoms with Gasteiger partial charge in [-0.2, -0.15) is 0 Å². The number of ether oxygens (including phenoxy) is 3. The third kappa shape index (κ3) is 46.8. The summed E-state index contributed by atoms with van der Waals surface area (Å²) in [5.74, 6) is -0.877. The van der Waals surface area contributed by atoms with Gasteiger partial charge in [-0.25, -0.2) is 0 Å². The molecular formula is C53H98O6. The molecule has 0 rings (SSSR count). The topological polar surface area (TPSA) is 78.9 Å². The lowest BCUT2D eigenvalue weighted by Crippen LogP contribution is -2.30. The first-order valence-electron chi connectivity index (χ1n) is 25.8. The van der Waals surface area contributed by atoms with E-state index >= 15 is 0 Å². The van der Waals surface area contributed by atoms with Crippen molar-refractivity contribution in [3.8, 4) is 0 Å². The van der Waals surface area contributed by atoms with Gasteiger partial charge in [-0.05, 0) is 44.9 Å². The molecule has 0 aromatic rings. The maximum Gasteiger partial charge on any atom is 0.306 e. The van der Waals surface area contributed by atoms with Crippen LogP contribution < -0.4 is 0 Å². The Hall–Kier alpha value is -2.11. The second kappa shape index (κ2) is 48.6. The van der Waals surface area contributed by atoms with Gasteiger partial charge in [-0.1, -0.05) is 238 Å². The molecule has 59 heavy (non-hydrogen) atoms. The van der Waals surface area contributed by atoms with Gasteiger partial charge in [-0.15, -0.1) is 0 Å². The number of carbonyl (C=O) groups is 3. The fourth-order valence-electron chi connectivity index (χ4n) is 7.54. The number of rotatable bonds is 47. The molecule has 0 aromatic carbocycles. The van der Waals surface area contributed by atoms with Crippen LogP contribution in [-0.4, -0.2) is 37.2 Å². The number of hydrogen-bond acceptors (Lipinski definition) is 6. The van der Waals surface area contributed by atoms with Gasteiger partial charge in [0.2, 0.25) is 0 Å². The van der Waals surface area contributed by atoms with Crippen LogP contribution in [0.3, 0.4) is 0 Å². The molecule has 6 nitrogen and oxygen atoms in total. The molecule has 0 fully saturated rings. The Morgan fingerprint density at radius 3 is 1.00 bits per heavy atom. The molecule has 0 aliphatic rings. The minimum Gasteiger partial charge on any atom is -0.462 e. The predicted molar refractivity (Wildman–Crippen MR) is 252 cm³/mol. The van der Waals surface area contributed by atoms with Gasteiger partial charge in [0.25, 0.3) is 0 Å². The highest BCUT2D eigenvalue weighted by molar-refractivity contribution is 5.71. The highest BCUT2D eigenvalue weighted by Crippen LogP contribution is 2.16. The van der Waals surface area contributed by atoms with Crippen LogP contribution in [0.5, 0.6) is 0 Å². The molecule has 0 aromatic heterocycles. The van der Waals surface area contributed by atoms with Crippen molar-refractivity contribution in [1.82, 2.24) is 0 Å². The van der Waals surface area contributed by atoms with Crippen molar-refractivity contribution >= 4 is 17.9 Å². The van der Waals surface area contributed by atoms with Crippen LogP contribution in [0.1, 0.15) is 278 Å². The minimum atomic E-state index is -0.771. The summed E-state index contributed by atoms with van der Waals surface area (Å²) in [6.45, 7) is 6.57. The average Bonchev–Trinajstić information content (AvgIpc) is 3.23. The second-order valence-electron chi connectivity index (χ2n) is 17.4. The molecule has 0 saturated heterocycles. The summed E-state index contributed by atoms with van der Waals surface area (Å²) in [4.78, 5) is 37.8. The first kappa shape index (κ1) is 56.9. The minimum absolute atomic E-state index is 0.0725. The van der Waals surface area contributed by atoms with Gasteiger partial charge in [0.05, 0.1) is 0 Å². The molecule has 0 radical (unpaired) electrons. The maximum absolute atomic E-state index is 12.7. The van der Waals surface area contributed by atoms with Crippen molar-refractivity contribution in [2.45, 2.75) is 284 Å². The van der Waals surface area contributed by atoms with Crippen molar-refractivity contribution in [2.75, 3.05) is 13.2 Å². The highest BCUT2D eigenvalue weighted by atomic mass is 16.6. The van der Waals surface area contributed by atoms with Gasteiger partial charge in [-0.3, -0.25) is 14.4 Å². The molecule has 0 aliphatic carbocycles. The summed E-state index contributed by atoms with van der Waals surface area (Å²) in [6, 6.07) is 0. The first-order valence-corrected chi connectivity index (χ1v) is 25.8. The molecule has 0 N–H and O–H groups in total. The van der Waals surface area contributed by atoms with E-state index in [1.165, 1.54) is 148 Å². The Bertz CT molecular complexity index is 958. The van der Waals surface area contributed by atoms with Crippen LogP contribution in [0, 0.1) is 0 Å². The van der Waals surface area contributed by atoms with Crippen molar-refractivity contribution < 1.29 is 28.6 Å². The fraction of sp³-hybridized carbons (Fsp3) is 0.868. The van der Waals surface area contributed by atoms with E-state index in [1.54, 1.807) is 0 Å². The third-order valence-corrected chi connectivity index (χ3v) is 11.4. The van der Waals surface area contributed by atoms with Gasteiger partial charge >= 0.3 is 17.9 Å². The number of carbonyl (C=O) groups excluding carboxylic acids is 3. The maximum atomic E-state index is 12.7. The quantitative estimate of drug-likeness (QED) is 0.0263. The zero-order valence-corrected chi connectivity index (χ0v) is 39.5. The number of hydrogen-bond donors (Lipinski definition) is 0. The number of esters is 3. The monoisotopic (exact) mass is 831 g/mol. The number of allylic oxidation sites excluding steroid dienone is 4. The summed E-state index contributed by atoms with van der Waals surface area (Å²) >= 11 is 0. The van der Waals surface area contributed by atoms with E-state index in [2.05, 4.69) is 45.1 Å². The van der Waals surface area contributed by atoms with E-state index in [1.807, 2.05) is 0 Å². The predicted octanol–water partition coefficient (Wildman–Crippen LogP) is 16.8. The smallest absolute Gasteiger partial charge is 0.306 e. The molecule has 0 amide bonds. The van der Waals surface area contributed by atoms with Crippen molar-refractivity contribution in [3.63, 3.8) is 0 Å². The molecule has 0 bridgehead atoms. The Morgan fingerprint density at radius 2 is 0.644 bits per heavy atom. The standard InChI is InChI=1S/C53H98O6/c1-4-7-10-13-16-19-21-23-24-25-26-27-28-30-31-34-37-40-43-46-52(55)58-49-50(48-57-51(54)45-42-39-36-33-18-15-12-9-6-3)59-53(56)47-44-41-38-35-32-29-22-20-17-14-11-8-5-2/h11,14,20,22,50H,4-10,12-13,15-19,21,23-49H2,1-3H3/b14-11-,22-20-. The lowest BCUT2D eigenvalue weighted by atomic mass is 10.0. The van der Waals surface area contributed by atoms with Gasteiger partial charge in [0.15, 0.2) is 6.10 Å². The first-order chi connectivity index (χ1) is 29.0. The van der Waals surface area contributed by atoms with Crippen molar-refractivity contribution in [2.24, 2.45) is 0 Å². The molecule has 0 heterocycles. The summed E-state index contributed by atoms with van der Waals surface area (Å²) in [7, 11) is 0. The Kier molecular flexibility index (Phi) is 46.8. The number of unbranched alkanes of at least 4 members (excludes halogenated alkanes) is 32. The van der Waals surface area contributed by atoms with Crippen LogP contribution in [0.25, 0.3) is 0 Å². The van der Waals surface area contributed by atoms with E-state index in [4.69, 9.17) is 14.2 Å². The molecule has 6 heteroatoms. The van der Waals surface area contributed by atoms with Crippen LogP contribution in [0.15, 0.2) is 24.3 Å². The summed E-state index contributed by atoms with van der Waals surface area (Å²) in [5, 5.41) is 0. The summed E-state index contributed by atoms with van der Waals surface area (Å²) in [6.07, 6.45) is 54.6. The van der Waals surface area contributed by atoms with Gasteiger partial charge < -0.3 is 14.2 Å². The summed E-state index contributed by atoms with van der Waals surface area (Å²) in [5.41, 5.74) is 0. The molecule has 346 valence electrons. The molecule has 1 atom stereocenters. The highest BCUT2D eigenvalue weighted by Gasteiger charge is 2.19. The van der Waals surface area contributed by atoms with Crippen LogP contribution >= 0.6 is 0 Å². The van der Waals surface area contributed by atoms with Crippen molar-refractivity contribution in [1.29, 1.82) is 0 Å². The third-order valence-electron chi connectivity index (χ3n) is 11.4. The molecule has 0 spiro atoms. The Morgan fingerprint density at radius 1 is 0.339 bits per heavy atom. The van der Waals surface area contributed by atoms with E-state index in [-0.39, 0.29) is 31.1 Å². The van der Waals surface area contributed by atoms with Crippen LogP contribution in [0.4, 0.5) is 0 Å². The average molecular weight is 831 g/mol. The Labute approximate surface area is 366 Å². The van der Waals surface area contributed by atoms with Crippen molar-refractivity contribution in [3.05, 3.63) is 24.3 Å². The second-order valence-corrected chi connectivity index (χ2v) is 17.4. The molecular weight excluding hydrogens is 733 g/mol. The van der Waals surface area contributed by atoms with Gasteiger partial charge in [0, 0.05) is 19.3 Å². The fourth-order valence-corrected chi connectivity index (χ4v) is 7.54.